The van der Waals surface area contributed by atoms with Gasteiger partial charge in [-0.2, -0.15) is 0 Å². The van der Waals surface area contributed by atoms with Crippen molar-refractivity contribution in [3.8, 4) is 11.1 Å². The van der Waals surface area contributed by atoms with Crippen LogP contribution in [0.5, 0.6) is 0 Å². The first kappa shape index (κ1) is 15.8. The minimum Gasteiger partial charge on any atom is -0.383 e. The van der Waals surface area contributed by atoms with Crippen LogP contribution in [0.4, 0.5) is 11.4 Å². The van der Waals surface area contributed by atoms with E-state index in [9.17, 15) is 0 Å². The average Bonchev–Trinajstić information content (AvgIpc) is 2.77. The molecule has 5 rings (SSSR count). The molecule has 3 aliphatic heterocycles. The topological polar surface area (TPSA) is 27.3 Å². The first-order valence-electron chi connectivity index (χ1n) is 9.07. The lowest BCUT2D eigenvalue weighted by atomic mass is 9.88. The van der Waals surface area contributed by atoms with Gasteiger partial charge in [-0.1, -0.05) is 29.3 Å². The van der Waals surface area contributed by atoms with Gasteiger partial charge >= 0.3 is 0 Å². The standard InChI is InChI=1S/C20H21Cl2N3/c21-13-2-3-14(17(22)10-13)12-8-15-16-11-23-6-4-19(16)25-7-1-5-24-18(9-12)20(15)25/h2-3,8-10,16,19,23-24H,1,4-7,11H2/t16-,19-/m0/s1. The van der Waals surface area contributed by atoms with Crippen molar-refractivity contribution in [1.29, 1.82) is 0 Å². The molecule has 0 aromatic heterocycles. The summed E-state index contributed by atoms with van der Waals surface area (Å²) in [6.07, 6.45) is 2.40. The largest absolute Gasteiger partial charge is 0.383 e. The molecule has 0 unspecified atom stereocenters. The molecule has 0 amide bonds. The first-order chi connectivity index (χ1) is 12.2. The van der Waals surface area contributed by atoms with Crippen LogP contribution in [0.25, 0.3) is 11.1 Å². The second kappa shape index (κ2) is 6.08. The monoisotopic (exact) mass is 373 g/mol. The highest BCUT2D eigenvalue weighted by Crippen LogP contribution is 2.50. The second-order valence-corrected chi connectivity index (χ2v) is 8.07. The SMILES string of the molecule is Clc1ccc(-c2cc3c4c(c2)[C@@H]2CNCC[C@@H]2N4CCCN3)c(Cl)c1. The normalized spacial score (nSPS) is 24.3. The van der Waals surface area contributed by atoms with Gasteiger partial charge in [-0.25, -0.2) is 0 Å². The summed E-state index contributed by atoms with van der Waals surface area (Å²) >= 11 is 12.6. The molecule has 5 heteroatoms. The van der Waals surface area contributed by atoms with Crippen LogP contribution in [-0.4, -0.2) is 32.2 Å². The van der Waals surface area contributed by atoms with Gasteiger partial charge in [-0.3, -0.25) is 0 Å². The van der Waals surface area contributed by atoms with Crippen LogP contribution in [-0.2, 0) is 0 Å². The van der Waals surface area contributed by atoms with Crippen molar-refractivity contribution < 1.29 is 0 Å². The van der Waals surface area contributed by atoms with E-state index < -0.39 is 0 Å². The molecule has 2 aromatic carbocycles. The number of anilines is 2. The minimum absolute atomic E-state index is 0.563. The fourth-order valence-electron chi connectivity index (χ4n) is 4.72. The van der Waals surface area contributed by atoms with Crippen molar-refractivity contribution in [2.75, 3.05) is 36.4 Å². The number of nitrogens with zero attached hydrogens (tertiary/aromatic N) is 1. The lowest BCUT2D eigenvalue weighted by molar-refractivity contribution is 0.403. The van der Waals surface area contributed by atoms with E-state index >= 15 is 0 Å². The molecule has 3 aliphatic rings. The van der Waals surface area contributed by atoms with Crippen LogP contribution in [0.3, 0.4) is 0 Å². The Balaban J connectivity index is 1.69. The van der Waals surface area contributed by atoms with Crippen LogP contribution in [0.15, 0.2) is 30.3 Å². The van der Waals surface area contributed by atoms with Gasteiger partial charge in [0, 0.05) is 47.2 Å². The van der Waals surface area contributed by atoms with Gasteiger partial charge < -0.3 is 15.5 Å². The molecule has 25 heavy (non-hydrogen) atoms. The predicted octanol–water partition coefficient (Wildman–Crippen LogP) is 4.74. The maximum atomic E-state index is 6.50. The summed E-state index contributed by atoms with van der Waals surface area (Å²) in [6.45, 7) is 4.35. The third-order valence-electron chi connectivity index (χ3n) is 5.81. The Morgan fingerprint density at radius 3 is 2.88 bits per heavy atom. The van der Waals surface area contributed by atoms with E-state index in [1.54, 1.807) is 0 Å². The molecule has 0 bridgehead atoms. The summed E-state index contributed by atoms with van der Waals surface area (Å²) < 4.78 is 0. The molecule has 0 spiro atoms. The van der Waals surface area contributed by atoms with Gasteiger partial charge in [0.2, 0.25) is 0 Å². The van der Waals surface area contributed by atoms with Crippen molar-refractivity contribution in [1.82, 2.24) is 5.32 Å². The van der Waals surface area contributed by atoms with Crippen molar-refractivity contribution in [2.24, 2.45) is 0 Å². The zero-order chi connectivity index (χ0) is 17.0. The number of benzene rings is 2. The lowest BCUT2D eigenvalue weighted by Gasteiger charge is -2.33. The highest BCUT2D eigenvalue weighted by molar-refractivity contribution is 6.36. The van der Waals surface area contributed by atoms with E-state index in [0.29, 0.717) is 22.0 Å². The Kier molecular flexibility index (Phi) is 3.85. The van der Waals surface area contributed by atoms with E-state index in [2.05, 4.69) is 27.7 Å². The van der Waals surface area contributed by atoms with Gasteiger partial charge in [0.1, 0.15) is 0 Å². The van der Waals surface area contributed by atoms with E-state index in [0.717, 1.165) is 31.7 Å². The fourth-order valence-corrected chi connectivity index (χ4v) is 5.24. The highest BCUT2D eigenvalue weighted by Gasteiger charge is 2.41. The zero-order valence-corrected chi connectivity index (χ0v) is 15.5. The minimum atomic E-state index is 0.563. The van der Waals surface area contributed by atoms with Crippen LogP contribution in [0.2, 0.25) is 10.0 Å². The van der Waals surface area contributed by atoms with Crippen molar-refractivity contribution in [2.45, 2.75) is 24.8 Å². The molecule has 2 aromatic rings. The maximum Gasteiger partial charge on any atom is 0.0641 e. The number of nitrogens with one attached hydrogen (secondary N) is 2. The summed E-state index contributed by atoms with van der Waals surface area (Å²) in [5, 5.41) is 8.63. The van der Waals surface area contributed by atoms with Crippen molar-refractivity contribution in [3.63, 3.8) is 0 Å². The molecule has 1 fully saturated rings. The summed E-state index contributed by atoms with van der Waals surface area (Å²) in [5.41, 5.74) is 6.37. The molecule has 3 nitrogen and oxygen atoms in total. The number of fused-ring (bicyclic) bond motifs is 3. The molecule has 1 saturated heterocycles. The van der Waals surface area contributed by atoms with Gasteiger partial charge in [-0.15, -0.1) is 0 Å². The smallest absolute Gasteiger partial charge is 0.0641 e. The Morgan fingerprint density at radius 1 is 1.08 bits per heavy atom. The van der Waals surface area contributed by atoms with Gasteiger partial charge in [0.05, 0.1) is 11.4 Å². The molecule has 2 N–H and O–H groups in total. The summed E-state index contributed by atoms with van der Waals surface area (Å²) in [4.78, 5) is 2.66. The van der Waals surface area contributed by atoms with E-state index in [1.165, 1.54) is 35.3 Å². The molecule has 0 aliphatic carbocycles. The van der Waals surface area contributed by atoms with E-state index in [4.69, 9.17) is 23.2 Å². The van der Waals surface area contributed by atoms with E-state index in [-0.39, 0.29) is 0 Å². The zero-order valence-electron chi connectivity index (χ0n) is 14.0. The van der Waals surface area contributed by atoms with Crippen molar-refractivity contribution >= 4 is 34.6 Å². The third-order valence-corrected chi connectivity index (χ3v) is 6.35. The van der Waals surface area contributed by atoms with Crippen LogP contribution >= 0.6 is 23.2 Å². The quantitative estimate of drug-likeness (QED) is 0.755. The molecular formula is C20H21Cl2N3. The molecule has 3 heterocycles. The Labute approximate surface area is 158 Å². The maximum absolute atomic E-state index is 6.50. The van der Waals surface area contributed by atoms with Gasteiger partial charge in [0.25, 0.3) is 0 Å². The summed E-state index contributed by atoms with van der Waals surface area (Å²) in [6, 6.07) is 11.0. The summed E-state index contributed by atoms with van der Waals surface area (Å²) in [7, 11) is 0. The second-order valence-electron chi connectivity index (χ2n) is 7.23. The first-order valence-corrected chi connectivity index (χ1v) is 9.82. The lowest BCUT2D eigenvalue weighted by Crippen LogP contribution is -2.44. The van der Waals surface area contributed by atoms with Gasteiger partial charge in [-0.05, 0) is 54.8 Å². The Bertz CT molecular complexity index is 836. The Hall–Kier alpha value is -1.42. The number of hydrogen-bond donors (Lipinski definition) is 2. The predicted molar refractivity (Wildman–Crippen MR) is 106 cm³/mol. The molecule has 0 radical (unpaired) electrons. The van der Waals surface area contributed by atoms with Gasteiger partial charge in [0.15, 0.2) is 0 Å². The van der Waals surface area contributed by atoms with Crippen molar-refractivity contribution in [3.05, 3.63) is 45.9 Å². The van der Waals surface area contributed by atoms with Crippen LogP contribution in [0.1, 0.15) is 24.3 Å². The summed E-state index contributed by atoms with van der Waals surface area (Å²) in [5.74, 6) is 0.563. The number of hydrogen-bond acceptors (Lipinski definition) is 3. The third kappa shape index (κ3) is 2.52. The molecular weight excluding hydrogens is 353 g/mol. The number of rotatable bonds is 1. The molecule has 0 saturated carbocycles. The fraction of sp³-hybridized carbons (Fsp3) is 0.400. The number of halogens is 2. The Morgan fingerprint density at radius 2 is 2.00 bits per heavy atom. The average molecular weight is 374 g/mol. The molecule has 2 atom stereocenters. The number of piperidine rings is 1. The van der Waals surface area contributed by atoms with Crippen LogP contribution in [0, 0.1) is 0 Å². The highest BCUT2D eigenvalue weighted by atomic mass is 35.5. The van der Waals surface area contributed by atoms with E-state index in [1.807, 2.05) is 18.2 Å². The van der Waals surface area contributed by atoms with Crippen LogP contribution < -0.4 is 15.5 Å². The molecule has 130 valence electrons.